The van der Waals surface area contributed by atoms with E-state index in [0.717, 1.165) is 10.5 Å². The van der Waals surface area contributed by atoms with Crippen molar-refractivity contribution < 1.29 is 24.2 Å². The molecule has 1 amide bonds. The third-order valence-corrected chi connectivity index (χ3v) is 4.82. The number of nitrogens with zero attached hydrogens (tertiary/aromatic N) is 1. The van der Waals surface area contributed by atoms with E-state index in [1.165, 1.54) is 0 Å². The van der Waals surface area contributed by atoms with Crippen LogP contribution in [0.15, 0.2) is 72.5 Å². The van der Waals surface area contributed by atoms with Gasteiger partial charge in [-0.15, -0.1) is 0 Å². The third kappa shape index (κ3) is 5.45. The van der Waals surface area contributed by atoms with Crippen molar-refractivity contribution in [3.05, 3.63) is 83.1 Å². The van der Waals surface area contributed by atoms with Crippen molar-refractivity contribution in [1.82, 2.24) is 4.90 Å². The highest BCUT2D eigenvalue weighted by Gasteiger charge is 2.37. The molecule has 0 bridgehead atoms. The van der Waals surface area contributed by atoms with Crippen molar-refractivity contribution in [2.45, 2.75) is 19.3 Å². The summed E-state index contributed by atoms with van der Waals surface area (Å²) in [5.41, 5.74) is 1.88. The second-order valence-corrected chi connectivity index (χ2v) is 6.87. The van der Waals surface area contributed by atoms with Crippen molar-refractivity contribution in [2.75, 3.05) is 13.2 Å². The minimum atomic E-state index is -1.17. The van der Waals surface area contributed by atoms with Gasteiger partial charge < -0.3 is 14.7 Å². The van der Waals surface area contributed by atoms with E-state index in [1.807, 2.05) is 0 Å². The molecule has 0 aromatic heterocycles. The summed E-state index contributed by atoms with van der Waals surface area (Å²) in [5.74, 6) is -2.73. The van der Waals surface area contributed by atoms with E-state index in [4.69, 9.17) is 21.4 Å². The molecule has 7 heteroatoms. The lowest BCUT2D eigenvalue weighted by atomic mass is 9.83. The Kier molecular flexibility index (Phi) is 7.56. The fraction of sp³-hybridized carbons (Fsp3) is 0.227. The minimum absolute atomic E-state index is 0.0225. The van der Waals surface area contributed by atoms with Crippen LogP contribution in [0.25, 0.3) is 0 Å². The quantitative estimate of drug-likeness (QED) is 0.515. The number of hydrogen-bond donors (Lipinski definition) is 1. The highest BCUT2D eigenvalue weighted by atomic mass is 35.5. The van der Waals surface area contributed by atoms with Crippen molar-refractivity contribution in [1.29, 1.82) is 0 Å². The fourth-order valence-electron chi connectivity index (χ4n) is 3.14. The molecule has 1 aromatic carbocycles. The van der Waals surface area contributed by atoms with E-state index >= 15 is 0 Å². The topological polar surface area (TPSA) is 83.9 Å². The van der Waals surface area contributed by atoms with Crippen LogP contribution < -0.4 is 0 Å². The number of carboxylic acids is 1. The largest absolute Gasteiger partial charge is 0.480 e. The lowest BCUT2D eigenvalue weighted by Gasteiger charge is -2.33. The first-order chi connectivity index (χ1) is 13.8. The Hall–Kier alpha value is -3.12. The van der Waals surface area contributed by atoms with Crippen molar-refractivity contribution in [3.8, 4) is 0 Å². The zero-order valence-electron chi connectivity index (χ0n) is 16.1. The Morgan fingerprint density at radius 2 is 1.97 bits per heavy atom. The van der Waals surface area contributed by atoms with Gasteiger partial charge in [-0.1, -0.05) is 55.1 Å². The van der Waals surface area contributed by atoms with Crippen LogP contribution in [0.4, 0.5) is 0 Å². The molecule has 1 atom stereocenters. The number of carbonyl (C=O) groups is 3. The van der Waals surface area contributed by atoms with Crippen LogP contribution in [0, 0.1) is 0 Å². The van der Waals surface area contributed by atoms with Gasteiger partial charge in [0.05, 0.1) is 5.57 Å². The zero-order valence-corrected chi connectivity index (χ0v) is 16.8. The number of allylic oxidation sites excluding steroid dienone is 3. The van der Waals surface area contributed by atoms with Crippen LogP contribution >= 0.6 is 11.6 Å². The number of carboxylic acid groups (broad SMARTS) is 1. The Balaban J connectivity index is 2.44. The maximum absolute atomic E-state index is 12.9. The van der Waals surface area contributed by atoms with Crippen molar-refractivity contribution in [2.24, 2.45) is 0 Å². The molecule has 1 aliphatic rings. The molecule has 0 fully saturated rings. The predicted octanol–water partition coefficient (Wildman–Crippen LogP) is 3.86. The summed E-state index contributed by atoms with van der Waals surface area (Å²) in [5, 5.41) is 9.66. The van der Waals surface area contributed by atoms with Crippen molar-refractivity contribution in [3.63, 3.8) is 0 Å². The molecule has 2 rings (SSSR count). The summed E-state index contributed by atoms with van der Waals surface area (Å²) in [4.78, 5) is 37.8. The lowest BCUT2D eigenvalue weighted by molar-refractivity contribution is -0.145. The van der Waals surface area contributed by atoms with Gasteiger partial charge in [-0.25, -0.2) is 4.79 Å². The molecule has 1 heterocycles. The molecule has 6 nitrogen and oxygen atoms in total. The second-order valence-electron chi connectivity index (χ2n) is 6.44. The first-order valence-corrected chi connectivity index (χ1v) is 9.25. The minimum Gasteiger partial charge on any atom is -0.480 e. The molecule has 0 aliphatic carbocycles. The SMILES string of the molecule is C=C/C=C(\C=C)COC(=O)C1=C(C)N(CC(=O)O)C(=O)CC1c1ccc(Cl)cc1. The number of ether oxygens (including phenoxy) is 1. The van der Waals surface area contributed by atoms with E-state index in [9.17, 15) is 14.4 Å². The van der Waals surface area contributed by atoms with Gasteiger partial charge in [-0.3, -0.25) is 9.59 Å². The Morgan fingerprint density at radius 3 is 2.52 bits per heavy atom. The number of aliphatic carboxylic acids is 1. The number of rotatable bonds is 8. The predicted molar refractivity (Wildman–Crippen MR) is 110 cm³/mol. The highest BCUT2D eigenvalue weighted by Crippen LogP contribution is 2.37. The number of carbonyl (C=O) groups excluding carboxylic acids is 2. The van der Waals surface area contributed by atoms with Gasteiger partial charge in [0.2, 0.25) is 5.91 Å². The van der Waals surface area contributed by atoms with Gasteiger partial charge >= 0.3 is 11.9 Å². The summed E-state index contributed by atoms with van der Waals surface area (Å²) >= 11 is 5.95. The van der Waals surface area contributed by atoms with Crippen LogP contribution in [0.1, 0.15) is 24.8 Å². The van der Waals surface area contributed by atoms with E-state index in [2.05, 4.69) is 13.2 Å². The number of esters is 1. The summed E-state index contributed by atoms with van der Waals surface area (Å²) in [6, 6.07) is 6.82. The monoisotopic (exact) mass is 415 g/mol. The molecule has 0 spiro atoms. The summed E-state index contributed by atoms with van der Waals surface area (Å²) < 4.78 is 5.43. The van der Waals surface area contributed by atoms with Gasteiger partial charge in [0.1, 0.15) is 13.2 Å². The molecule has 0 saturated heterocycles. The fourth-order valence-corrected chi connectivity index (χ4v) is 3.26. The van der Waals surface area contributed by atoms with Gasteiger partial charge in [-0.2, -0.15) is 0 Å². The first kappa shape index (κ1) is 22.2. The maximum Gasteiger partial charge on any atom is 0.336 e. The Bertz CT molecular complexity index is 898. The van der Waals surface area contributed by atoms with Gasteiger partial charge in [0.15, 0.2) is 0 Å². The molecule has 152 valence electrons. The highest BCUT2D eigenvalue weighted by molar-refractivity contribution is 6.30. The van der Waals surface area contributed by atoms with Crippen LogP contribution in [-0.4, -0.2) is 41.0 Å². The van der Waals surface area contributed by atoms with Crippen LogP contribution in [-0.2, 0) is 19.1 Å². The maximum atomic E-state index is 12.9. The average molecular weight is 416 g/mol. The molecule has 1 aliphatic heterocycles. The van der Waals surface area contributed by atoms with E-state index < -0.39 is 24.4 Å². The Morgan fingerprint density at radius 1 is 1.31 bits per heavy atom. The number of hydrogen-bond acceptors (Lipinski definition) is 4. The van der Waals surface area contributed by atoms with E-state index in [0.29, 0.717) is 10.6 Å². The van der Waals surface area contributed by atoms with Gasteiger partial charge in [0.25, 0.3) is 0 Å². The smallest absolute Gasteiger partial charge is 0.336 e. The summed E-state index contributed by atoms with van der Waals surface area (Å²) in [6.07, 6.45) is 4.72. The number of benzene rings is 1. The second kappa shape index (κ2) is 9.89. The first-order valence-electron chi connectivity index (χ1n) is 8.88. The molecule has 1 aromatic rings. The molecular formula is C22H22ClNO5. The molecular weight excluding hydrogens is 394 g/mol. The summed E-state index contributed by atoms with van der Waals surface area (Å²) in [7, 11) is 0. The lowest BCUT2D eigenvalue weighted by Crippen LogP contribution is -2.41. The van der Waals surface area contributed by atoms with Gasteiger partial charge in [-0.05, 0) is 30.2 Å². The molecule has 0 radical (unpaired) electrons. The molecule has 29 heavy (non-hydrogen) atoms. The zero-order chi connectivity index (χ0) is 21.6. The molecule has 1 N–H and O–H groups in total. The van der Waals surface area contributed by atoms with Crippen LogP contribution in [0.2, 0.25) is 5.02 Å². The standard InChI is InChI=1S/C22H22ClNO5/c1-4-6-15(5-2)13-29-22(28)21-14(3)24(12-20(26)27)19(25)11-18(21)16-7-9-17(23)10-8-16/h4-10,18H,1-2,11-13H2,3H3,(H,26,27)/b15-6+. The van der Waals surface area contributed by atoms with Crippen molar-refractivity contribution >= 4 is 29.4 Å². The average Bonchev–Trinajstić information content (AvgIpc) is 2.68. The van der Waals surface area contributed by atoms with E-state index in [-0.39, 0.29) is 30.2 Å². The van der Waals surface area contributed by atoms with Crippen LogP contribution in [0.5, 0.6) is 0 Å². The Labute approximate surface area is 174 Å². The summed E-state index contributed by atoms with van der Waals surface area (Å²) in [6.45, 7) is 8.26. The molecule has 0 saturated carbocycles. The number of halogens is 1. The normalized spacial score (nSPS) is 17.2. The van der Waals surface area contributed by atoms with E-state index in [1.54, 1.807) is 49.4 Å². The third-order valence-electron chi connectivity index (χ3n) is 4.57. The van der Waals surface area contributed by atoms with Crippen LogP contribution in [0.3, 0.4) is 0 Å². The molecule has 1 unspecified atom stereocenters. The van der Waals surface area contributed by atoms with Gasteiger partial charge in [0, 0.05) is 23.1 Å². The number of amides is 1.